The largest absolute Gasteiger partial charge is 0.491 e. The monoisotopic (exact) mass is 591 g/mol. The molecule has 5 rings (SSSR count). The lowest BCUT2D eigenvalue weighted by atomic mass is 9.79. The molecule has 9 nitrogen and oxygen atoms in total. The predicted molar refractivity (Wildman–Crippen MR) is 161 cm³/mol. The first-order valence-corrected chi connectivity index (χ1v) is 14.2. The number of para-hydroxylation sites is 1. The number of H-pyrrole nitrogens is 1. The molecule has 0 radical (unpaired) electrons. The molecule has 2 unspecified atom stereocenters. The summed E-state index contributed by atoms with van der Waals surface area (Å²) >= 11 is 6.41. The number of aliphatic hydroxyl groups is 2. The van der Waals surface area contributed by atoms with E-state index >= 15 is 0 Å². The zero-order valence-corrected chi connectivity index (χ0v) is 24.4. The second-order valence-corrected chi connectivity index (χ2v) is 11.4. The summed E-state index contributed by atoms with van der Waals surface area (Å²) in [4.78, 5) is 27.2. The Kier molecular flexibility index (Phi) is 8.30. The number of fused-ring (bicyclic) bond motifs is 3. The SMILES string of the molecule is CNC(=O)c1ccc(-c2ccc(OC(C)C)c(C(O)NC3(CO)CCc4[nH]c5c(C(=O)O)cccc5c4C3)c2)cc1Cl. The number of aromatic nitrogens is 1. The number of aryl methyl sites for hydroxylation is 1. The van der Waals surface area contributed by atoms with Crippen molar-refractivity contribution in [2.45, 2.75) is 51.0 Å². The van der Waals surface area contributed by atoms with Crippen molar-refractivity contribution in [3.05, 3.63) is 87.6 Å². The van der Waals surface area contributed by atoms with Crippen LogP contribution in [-0.4, -0.2) is 57.5 Å². The minimum atomic E-state index is -1.20. The minimum absolute atomic E-state index is 0.151. The van der Waals surface area contributed by atoms with Crippen molar-refractivity contribution < 1.29 is 29.6 Å². The van der Waals surface area contributed by atoms with Gasteiger partial charge in [0.05, 0.1) is 34.4 Å². The van der Waals surface area contributed by atoms with Crippen molar-refractivity contribution in [1.82, 2.24) is 15.6 Å². The normalized spacial score (nSPS) is 17.2. The lowest BCUT2D eigenvalue weighted by Gasteiger charge is -2.39. The molecule has 0 fully saturated rings. The number of amides is 1. The van der Waals surface area contributed by atoms with Gasteiger partial charge in [-0.25, -0.2) is 4.79 Å². The van der Waals surface area contributed by atoms with Gasteiger partial charge >= 0.3 is 5.97 Å². The molecule has 0 spiro atoms. The van der Waals surface area contributed by atoms with Crippen molar-refractivity contribution in [3.8, 4) is 16.9 Å². The van der Waals surface area contributed by atoms with Crippen LogP contribution in [-0.2, 0) is 12.8 Å². The maximum atomic E-state index is 12.1. The van der Waals surface area contributed by atoms with E-state index in [0.717, 1.165) is 27.8 Å². The van der Waals surface area contributed by atoms with Crippen LogP contribution in [0.25, 0.3) is 22.0 Å². The van der Waals surface area contributed by atoms with Crippen molar-refractivity contribution in [1.29, 1.82) is 0 Å². The third-order valence-corrected chi connectivity index (χ3v) is 8.13. The third-order valence-electron chi connectivity index (χ3n) is 7.82. The number of rotatable bonds is 9. The van der Waals surface area contributed by atoms with E-state index in [1.165, 1.54) is 0 Å². The quantitative estimate of drug-likeness (QED) is 0.153. The fraction of sp³-hybridized carbons (Fsp3) is 0.312. The fourth-order valence-electron chi connectivity index (χ4n) is 5.70. The lowest BCUT2D eigenvalue weighted by molar-refractivity contribution is 0.0479. The molecule has 1 heterocycles. The van der Waals surface area contributed by atoms with Crippen LogP contribution >= 0.6 is 11.6 Å². The summed E-state index contributed by atoms with van der Waals surface area (Å²) in [5, 5.41) is 38.8. The predicted octanol–water partition coefficient (Wildman–Crippen LogP) is 4.83. The van der Waals surface area contributed by atoms with Gasteiger partial charge in [-0.1, -0.05) is 35.9 Å². The Morgan fingerprint density at radius 3 is 2.50 bits per heavy atom. The van der Waals surface area contributed by atoms with Gasteiger partial charge in [-0.05, 0) is 80.1 Å². The first-order chi connectivity index (χ1) is 20.1. The molecule has 0 saturated carbocycles. The average molecular weight is 592 g/mol. The number of halogens is 1. The number of benzene rings is 3. The number of aromatic carboxylic acids is 1. The average Bonchev–Trinajstić information content (AvgIpc) is 3.34. The number of hydrogen-bond acceptors (Lipinski definition) is 6. The van der Waals surface area contributed by atoms with Crippen LogP contribution in [0, 0.1) is 0 Å². The second kappa shape index (κ2) is 11.8. The van der Waals surface area contributed by atoms with E-state index in [2.05, 4.69) is 15.6 Å². The third kappa shape index (κ3) is 5.61. The fourth-order valence-corrected chi connectivity index (χ4v) is 5.97. The van der Waals surface area contributed by atoms with Gasteiger partial charge in [-0.2, -0.15) is 0 Å². The Labute approximate surface area is 248 Å². The van der Waals surface area contributed by atoms with Crippen molar-refractivity contribution >= 4 is 34.4 Å². The molecule has 1 aromatic heterocycles. The highest BCUT2D eigenvalue weighted by atomic mass is 35.5. The Morgan fingerprint density at radius 1 is 1.10 bits per heavy atom. The molecule has 1 aliphatic carbocycles. The number of carboxylic acids is 1. The van der Waals surface area contributed by atoms with E-state index in [4.69, 9.17) is 16.3 Å². The van der Waals surface area contributed by atoms with Crippen LogP contribution in [0.5, 0.6) is 5.75 Å². The number of hydrogen-bond donors (Lipinski definition) is 6. The van der Waals surface area contributed by atoms with Gasteiger partial charge in [0.15, 0.2) is 0 Å². The molecule has 42 heavy (non-hydrogen) atoms. The summed E-state index contributed by atoms with van der Waals surface area (Å²) in [5.41, 5.74) is 4.10. The Morgan fingerprint density at radius 2 is 1.83 bits per heavy atom. The highest BCUT2D eigenvalue weighted by Crippen LogP contribution is 2.38. The van der Waals surface area contributed by atoms with Gasteiger partial charge in [0.1, 0.15) is 12.0 Å². The number of aromatic amines is 1. The van der Waals surface area contributed by atoms with Crippen LogP contribution < -0.4 is 15.4 Å². The van der Waals surface area contributed by atoms with Crippen LogP contribution in [0.15, 0.2) is 54.6 Å². The number of aliphatic hydroxyl groups excluding tert-OH is 2. The van der Waals surface area contributed by atoms with Crippen molar-refractivity contribution in [2.24, 2.45) is 0 Å². The van der Waals surface area contributed by atoms with Gasteiger partial charge in [0.2, 0.25) is 0 Å². The molecule has 220 valence electrons. The first kappa shape index (κ1) is 29.6. The van der Waals surface area contributed by atoms with Gasteiger partial charge in [-0.15, -0.1) is 0 Å². The van der Waals surface area contributed by atoms with E-state index in [9.17, 15) is 24.9 Å². The van der Waals surface area contributed by atoms with Gasteiger partial charge in [0.25, 0.3) is 5.91 Å². The zero-order valence-electron chi connectivity index (χ0n) is 23.6. The molecular formula is C32H34ClN3O6. The standard InChI is InChI=1S/C32H34ClN3O6/c1-17(2)42-27-10-8-18(19-7-9-21(25(33)14-19)29(38)34-3)13-23(27)30(39)36-32(16-37)12-11-26-24(15-32)20-5-4-6-22(31(40)41)28(20)35-26/h4-10,13-14,17,30,35-37,39H,11-12,15-16H2,1-3H3,(H,34,38)(H,40,41). The Balaban J connectivity index is 1.49. The number of carbonyl (C=O) groups is 2. The zero-order chi connectivity index (χ0) is 30.2. The second-order valence-electron chi connectivity index (χ2n) is 11.0. The van der Waals surface area contributed by atoms with Crippen LogP contribution in [0.2, 0.25) is 5.02 Å². The van der Waals surface area contributed by atoms with E-state index in [0.29, 0.717) is 46.7 Å². The first-order valence-electron chi connectivity index (χ1n) is 13.8. The maximum Gasteiger partial charge on any atom is 0.337 e. The number of carbonyl (C=O) groups excluding carboxylic acids is 1. The molecule has 3 aromatic carbocycles. The summed E-state index contributed by atoms with van der Waals surface area (Å²) < 4.78 is 6.04. The summed E-state index contributed by atoms with van der Waals surface area (Å²) in [7, 11) is 1.54. The molecule has 1 aliphatic rings. The number of carboxylic acid groups (broad SMARTS) is 1. The van der Waals surface area contributed by atoms with Crippen LogP contribution in [0.3, 0.4) is 0 Å². The molecule has 1 amide bonds. The summed E-state index contributed by atoms with van der Waals surface area (Å²) in [6, 6.07) is 15.8. The Hall–Kier alpha value is -3.89. The lowest BCUT2D eigenvalue weighted by Crippen LogP contribution is -2.53. The van der Waals surface area contributed by atoms with Gasteiger partial charge in [-0.3, -0.25) is 10.1 Å². The highest BCUT2D eigenvalue weighted by molar-refractivity contribution is 6.34. The molecule has 6 N–H and O–H groups in total. The molecule has 0 saturated heterocycles. The number of nitrogens with one attached hydrogen (secondary N) is 3. The molecule has 0 aliphatic heterocycles. The van der Waals surface area contributed by atoms with Gasteiger partial charge in [0, 0.05) is 29.2 Å². The topological polar surface area (TPSA) is 144 Å². The summed E-state index contributed by atoms with van der Waals surface area (Å²) in [5.74, 6) is -0.806. The maximum absolute atomic E-state index is 12.1. The Bertz CT molecular complexity index is 1670. The van der Waals surface area contributed by atoms with Gasteiger partial charge < -0.3 is 30.4 Å². The van der Waals surface area contributed by atoms with Crippen LogP contribution in [0.4, 0.5) is 0 Å². The molecule has 4 aromatic rings. The molecule has 0 bridgehead atoms. The van der Waals surface area contributed by atoms with Crippen molar-refractivity contribution in [3.63, 3.8) is 0 Å². The minimum Gasteiger partial charge on any atom is -0.491 e. The van der Waals surface area contributed by atoms with E-state index in [1.807, 2.05) is 32.0 Å². The highest BCUT2D eigenvalue weighted by Gasteiger charge is 2.38. The smallest absolute Gasteiger partial charge is 0.337 e. The summed E-state index contributed by atoms with van der Waals surface area (Å²) in [6.07, 6.45) is 0.110. The molecule has 2 atom stereocenters. The van der Waals surface area contributed by atoms with Crippen molar-refractivity contribution in [2.75, 3.05) is 13.7 Å². The van der Waals surface area contributed by atoms with E-state index < -0.39 is 17.7 Å². The summed E-state index contributed by atoms with van der Waals surface area (Å²) in [6.45, 7) is 3.55. The number of ether oxygens (including phenoxy) is 1. The molecule has 10 heteroatoms. The van der Waals surface area contributed by atoms with E-state index in [1.54, 1.807) is 43.4 Å². The molecular weight excluding hydrogens is 558 g/mol. The van der Waals surface area contributed by atoms with E-state index in [-0.39, 0.29) is 24.2 Å². The van der Waals surface area contributed by atoms with Crippen LogP contribution in [0.1, 0.15) is 64.0 Å².